The van der Waals surface area contributed by atoms with E-state index in [2.05, 4.69) is 6.07 Å². The molecule has 1 rings (SSSR count). The molecule has 0 bridgehead atoms. The molecular formula is C9H10ClO. The van der Waals surface area contributed by atoms with Crippen molar-refractivity contribution in [2.24, 2.45) is 0 Å². The predicted octanol–water partition coefficient (Wildman–Crippen LogP) is 2.33. The second kappa shape index (κ2) is 4.37. The van der Waals surface area contributed by atoms with E-state index in [1.807, 2.05) is 18.2 Å². The monoisotopic (exact) mass is 169 g/mol. The number of benzene rings is 1. The highest BCUT2D eigenvalue weighted by molar-refractivity contribution is 6.30. The number of methoxy groups -OCH3 is 1. The molecule has 0 atom stereocenters. The largest absolute Gasteiger partial charge is 0.384 e. The molecule has 1 aromatic rings. The molecular weight excluding hydrogens is 160 g/mol. The SMILES string of the molecule is COCCc1cc[c]c(Cl)c1. The van der Waals surface area contributed by atoms with E-state index < -0.39 is 0 Å². The fraction of sp³-hybridized carbons (Fsp3) is 0.333. The first-order valence-corrected chi connectivity index (χ1v) is 3.86. The molecule has 1 radical (unpaired) electrons. The zero-order valence-corrected chi connectivity index (χ0v) is 7.19. The molecule has 0 aliphatic rings. The minimum Gasteiger partial charge on any atom is -0.384 e. The summed E-state index contributed by atoms with van der Waals surface area (Å²) in [4.78, 5) is 0. The molecule has 0 heterocycles. The summed E-state index contributed by atoms with van der Waals surface area (Å²) in [6, 6.07) is 8.59. The summed E-state index contributed by atoms with van der Waals surface area (Å²) in [5.41, 5.74) is 1.19. The van der Waals surface area contributed by atoms with Gasteiger partial charge in [0.25, 0.3) is 0 Å². The first-order valence-electron chi connectivity index (χ1n) is 3.48. The van der Waals surface area contributed by atoms with Gasteiger partial charge in [0.1, 0.15) is 0 Å². The van der Waals surface area contributed by atoms with Crippen LogP contribution in [0.4, 0.5) is 0 Å². The molecule has 1 nitrogen and oxygen atoms in total. The average Bonchev–Trinajstić information content (AvgIpc) is 2.01. The normalized spacial score (nSPS) is 10.0. The van der Waals surface area contributed by atoms with Crippen LogP contribution in [0.2, 0.25) is 5.02 Å². The lowest BCUT2D eigenvalue weighted by Gasteiger charge is -1.99. The first kappa shape index (κ1) is 8.57. The maximum absolute atomic E-state index is 5.73. The smallest absolute Gasteiger partial charge is 0.0502 e. The van der Waals surface area contributed by atoms with Crippen LogP contribution in [0, 0.1) is 6.07 Å². The van der Waals surface area contributed by atoms with E-state index in [1.165, 1.54) is 5.56 Å². The lowest BCUT2D eigenvalue weighted by Crippen LogP contribution is -1.93. The van der Waals surface area contributed by atoms with E-state index >= 15 is 0 Å². The minimum atomic E-state index is 0.665. The van der Waals surface area contributed by atoms with Gasteiger partial charge in [-0.3, -0.25) is 0 Å². The van der Waals surface area contributed by atoms with E-state index in [0.29, 0.717) is 5.02 Å². The number of ether oxygens (including phenoxy) is 1. The molecule has 0 unspecified atom stereocenters. The van der Waals surface area contributed by atoms with Crippen molar-refractivity contribution in [3.8, 4) is 0 Å². The van der Waals surface area contributed by atoms with Crippen molar-refractivity contribution in [2.75, 3.05) is 13.7 Å². The van der Waals surface area contributed by atoms with E-state index in [-0.39, 0.29) is 0 Å². The Bertz CT molecular complexity index is 223. The molecule has 0 spiro atoms. The number of rotatable bonds is 3. The summed E-state index contributed by atoms with van der Waals surface area (Å²) >= 11 is 5.73. The third-order valence-electron chi connectivity index (χ3n) is 1.43. The third-order valence-corrected chi connectivity index (χ3v) is 1.64. The van der Waals surface area contributed by atoms with Crippen LogP contribution in [0.15, 0.2) is 18.2 Å². The lowest BCUT2D eigenvalue weighted by molar-refractivity contribution is 0.202. The topological polar surface area (TPSA) is 9.23 Å². The molecule has 1 aromatic carbocycles. The lowest BCUT2D eigenvalue weighted by atomic mass is 10.2. The fourth-order valence-electron chi connectivity index (χ4n) is 0.856. The Morgan fingerprint density at radius 2 is 2.45 bits per heavy atom. The van der Waals surface area contributed by atoms with Crippen LogP contribution in [0.1, 0.15) is 5.56 Å². The van der Waals surface area contributed by atoms with Crippen molar-refractivity contribution in [2.45, 2.75) is 6.42 Å². The number of halogens is 1. The van der Waals surface area contributed by atoms with Crippen molar-refractivity contribution >= 4 is 11.6 Å². The van der Waals surface area contributed by atoms with Crippen molar-refractivity contribution in [1.82, 2.24) is 0 Å². The Balaban J connectivity index is 2.56. The summed E-state index contributed by atoms with van der Waals surface area (Å²) in [7, 11) is 1.69. The molecule has 0 N–H and O–H groups in total. The van der Waals surface area contributed by atoms with Crippen molar-refractivity contribution < 1.29 is 4.74 Å². The van der Waals surface area contributed by atoms with Gasteiger partial charge in [-0.15, -0.1) is 0 Å². The average molecular weight is 170 g/mol. The number of hydrogen-bond donors (Lipinski definition) is 0. The van der Waals surface area contributed by atoms with Crippen LogP contribution in [0.25, 0.3) is 0 Å². The molecule has 0 amide bonds. The van der Waals surface area contributed by atoms with Gasteiger partial charge < -0.3 is 4.74 Å². The van der Waals surface area contributed by atoms with Gasteiger partial charge in [0.15, 0.2) is 0 Å². The van der Waals surface area contributed by atoms with E-state index in [0.717, 1.165) is 13.0 Å². The third kappa shape index (κ3) is 2.91. The van der Waals surface area contributed by atoms with Crippen LogP contribution in [-0.4, -0.2) is 13.7 Å². The second-order valence-corrected chi connectivity index (χ2v) is 2.69. The van der Waals surface area contributed by atoms with Crippen LogP contribution in [-0.2, 0) is 11.2 Å². The van der Waals surface area contributed by atoms with Gasteiger partial charge in [-0.05, 0) is 18.1 Å². The Kier molecular flexibility index (Phi) is 3.40. The van der Waals surface area contributed by atoms with E-state index in [1.54, 1.807) is 7.11 Å². The molecule has 0 aromatic heterocycles. The molecule has 2 heteroatoms. The van der Waals surface area contributed by atoms with Gasteiger partial charge in [-0.25, -0.2) is 0 Å². The zero-order valence-electron chi connectivity index (χ0n) is 6.43. The highest BCUT2D eigenvalue weighted by Crippen LogP contribution is 2.09. The van der Waals surface area contributed by atoms with Gasteiger partial charge >= 0.3 is 0 Å². The zero-order chi connectivity index (χ0) is 8.10. The standard InChI is InChI=1S/C9H10ClO/c1-11-6-5-8-3-2-4-9(10)7-8/h2-3,7H,5-6H2,1H3. The minimum absolute atomic E-state index is 0.665. The van der Waals surface area contributed by atoms with Crippen LogP contribution >= 0.6 is 11.6 Å². The van der Waals surface area contributed by atoms with Crippen LogP contribution in [0.3, 0.4) is 0 Å². The summed E-state index contributed by atoms with van der Waals surface area (Å²) < 4.78 is 4.93. The predicted molar refractivity (Wildman–Crippen MR) is 45.9 cm³/mol. The van der Waals surface area contributed by atoms with Crippen molar-refractivity contribution in [3.05, 3.63) is 34.9 Å². The Labute approximate surface area is 71.9 Å². The van der Waals surface area contributed by atoms with Gasteiger partial charge in [-0.2, -0.15) is 0 Å². The molecule has 0 fully saturated rings. The van der Waals surface area contributed by atoms with Gasteiger partial charge in [0.2, 0.25) is 0 Å². The fourth-order valence-corrected chi connectivity index (χ4v) is 1.06. The first-order chi connectivity index (χ1) is 5.33. The van der Waals surface area contributed by atoms with Gasteiger partial charge in [-0.1, -0.05) is 23.7 Å². The summed E-state index contributed by atoms with van der Waals surface area (Å²) in [5.74, 6) is 0. The molecule has 0 saturated carbocycles. The molecule has 59 valence electrons. The highest BCUT2D eigenvalue weighted by Gasteiger charge is 1.92. The highest BCUT2D eigenvalue weighted by atomic mass is 35.5. The van der Waals surface area contributed by atoms with Crippen molar-refractivity contribution in [1.29, 1.82) is 0 Å². The summed E-state index contributed by atoms with van der Waals surface area (Å²) in [5, 5.41) is 0.665. The van der Waals surface area contributed by atoms with Gasteiger partial charge in [0.05, 0.1) is 6.61 Å². The van der Waals surface area contributed by atoms with Crippen LogP contribution in [0.5, 0.6) is 0 Å². The Hall–Kier alpha value is -0.530. The summed E-state index contributed by atoms with van der Waals surface area (Å²) in [6.45, 7) is 0.736. The number of hydrogen-bond acceptors (Lipinski definition) is 1. The summed E-state index contributed by atoms with van der Waals surface area (Å²) in [6.07, 6.45) is 0.908. The van der Waals surface area contributed by atoms with Crippen LogP contribution < -0.4 is 0 Å². The maximum atomic E-state index is 5.73. The molecule has 11 heavy (non-hydrogen) atoms. The quantitative estimate of drug-likeness (QED) is 0.675. The second-order valence-electron chi connectivity index (χ2n) is 2.29. The maximum Gasteiger partial charge on any atom is 0.0502 e. The molecule has 0 aliphatic heterocycles. The van der Waals surface area contributed by atoms with Crippen molar-refractivity contribution in [3.63, 3.8) is 0 Å². The van der Waals surface area contributed by atoms with E-state index in [9.17, 15) is 0 Å². The van der Waals surface area contributed by atoms with E-state index in [4.69, 9.17) is 16.3 Å². The Morgan fingerprint density at radius 3 is 3.09 bits per heavy atom. The molecule has 0 saturated heterocycles. The van der Waals surface area contributed by atoms with Gasteiger partial charge in [0, 0.05) is 18.2 Å². The Morgan fingerprint density at radius 1 is 1.64 bits per heavy atom. The molecule has 0 aliphatic carbocycles.